The second kappa shape index (κ2) is 7.69. The highest BCUT2D eigenvalue weighted by molar-refractivity contribution is 5.82. The van der Waals surface area contributed by atoms with Gasteiger partial charge in [-0.05, 0) is 18.6 Å². The third kappa shape index (κ3) is 3.55. The van der Waals surface area contributed by atoms with Crippen molar-refractivity contribution in [1.82, 2.24) is 0 Å². The summed E-state index contributed by atoms with van der Waals surface area (Å²) < 4.78 is 11.0. The molecule has 116 valence electrons. The molecule has 0 aliphatic heterocycles. The van der Waals surface area contributed by atoms with E-state index in [-0.39, 0.29) is 24.7 Å². The molecule has 0 heterocycles. The number of aliphatic hydroxyl groups excluding tert-OH is 1. The minimum Gasteiger partial charge on any atom is -0.504 e. The molecule has 0 amide bonds. The topological polar surface area (TPSA) is 76.0 Å². The molecule has 2 N–H and O–H groups in total. The molecule has 5 nitrogen and oxygen atoms in total. The van der Waals surface area contributed by atoms with Crippen LogP contribution in [-0.4, -0.2) is 35.0 Å². The van der Waals surface area contributed by atoms with Crippen LogP contribution in [0, 0.1) is 5.92 Å². The van der Waals surface area contributed by atoms with Crippen LogP contribution in [0.5, 0.6) is 0 Å². The van der Waals surface area contributed by atoms with E-state index in [1.807, 2.05) is 6.92 Å². The fourth-order valence-corrected chi connectivity index (χ4v) is 2.36. The van der Waals surface area contributed by atoms with Gasteiger partial charge in [0.2, 0.25) is 0 Å². The molecule has 5 heteroatoms. The summed E-state index contributed by atoms with van der Waals surface area (Å²) in [4.78, 5) is 11.8. The minimum absolute atomic E-state index is 0.0746. The van der Waals surface area contributed by atoms with E-state index < -0.39 is 17.5 Å². The standard InChI is InChI=1S/C16H22O5/c1-4-7-12-14(20-10-5-2)13(17)8-9-16(12,15(18)19)21-11-6-3/h5-6,8-9,12,17H,2-4,7,10-11H2,1H3,(H,18,19). The number of hydrogen-bond acceptors (Lipinski definition) is 4. The lowest BCUT2D eigenvalue weighted by molar-refractivity contribution is -0.165. The highest BCUT2D eigenvalue weighted by Gasteiger charge is 2.50. The lowest BCUT2D eigenvalue weighted by Crippen LogP contribution is -2.49. The first-order valence-corrected chi connectivity index (χ1v) is 6.87. The first-order chi connectivity index (χ1) is 10.0. The van der Waals surface area contributed by atoms with Gasteiger partial charge in [-0.15, -0.1) is 6.58 Å². The van der Waals surface area contributed by atoms with Crippen LogP contribution in [-0.2, 0) is 14.3 Å². The van der Waals surface area contributed by atoms with Crippen LogP contribution in [0.1, 0.15) is 19.8 Å². The Morgan fingerprint density at radius 2 is 2.10 bits per heavy atom. The van der Waals surface area contributed by atoms with Crippen LogP contribution >= 0.6 is 0 Å². The third-order valence-corrected chi connectivity index (χ3v) is 3.28. The maximum absolute atomic E-state index is 11.8. The van der Waals surface area contributed by atoms with Gasteiger partial charge in [-0.1, -0.05) is 32.1 Å². The summed E-state index contributed by atoms with van der Waals surface area (Å²) in [7, 11) is 0. The van der Waals surface area contributed by atoms with Crippen LogP contribution < -0.4 is 0 Å². The second-order valence-corrected chi connectivity index (χ2v) is 4.72. The lowest BCUT2D eigenvalue weighted by Gasteiger charge is -2.37. The van der Waals surface area contributed by atoms with Crippen molar-refractivity contribution in [3.8, 4) is 0 Å². The average Bonchev–Trinajstić information content (AvgIpc) is 2.46. The molecule has 0 radical (unpaired) electrons. The fourth-order valence-electron chi connectivity index (χ4n) is 2.36. The number of carbonyl (C=O) groups is 1. The summed E-state index contributed by atoms with van der Waals surface area (Å²) in [5, 5.41) is 19.6. The third-order valence-electron chi connectivity index (χ3n) is 3.28. The zero-order chi connectivity index (χ0) is 15.9. The van der Waals surface area contributed by atoms with Crippen molar-refractivity contribution >= 4 is 5.97 Å². The summed E-state index contributed by atoms with van der Waals surface area (Å²) in [6, 6.07) is 0. The van der Waals surface area contributed by atoms with Crippen LogP contribution in [0.15, 0.2) is 49.0 Å². The Balaban J connectivity index is 3.24. The molecule has 0 saturated carbocycles. The first-order valence-electron chi connectivity index (χ1n) is 6.87. The fraction of sp³-hybridized carbons (Fsp3) is 0.438. The highest BCUT2D eigenvalue weighted by Crippen LogP contribution is 2.39. The molecule has 0 saturated heterocycles. The van der Waals surface area contributed by atoms with Gasteiger partial charge >= 0.3 is 5.97 Å². The van der Waals surface area contributed by atoms with Gasteiger partial charge in [0.1, 0.15) is 12.4 Å². The molecule has 0 fully saturated rings. The maximum atomic E-state index is 11.8. The molecule has 1 aliphatic carbocycles. The van der Waals surface area contributed by atoms with Gasteiger partial charge in [-0.25, -0.2) is 4.79 Å². The second-order valence-electron chi connectivity index (χ2n) is 4.72. The van der Waals surface area contributed by atoms with Gasteiger partial charge < -0.3 is 19.7 Å². The van der Waals surface area contributed by atoms with Crippen molar-refractivity contribution in [1.29, 1.82) is 0 Å². The van der Waals surface area contributed by atoms with Crippen molar-refractivity contribution < 1.29 is 24.5 Å². The highest BCUT2D eigenvalue weighted by atomic mass is 16.5. The summed E-state index contributed by atoms with van der Waals surface area (Å²) >= 11 is 0. The summed E-state index contributed by atoms with van der Waals surface area (Å²) in [6.07, 6.45) is 6.93. The quantitative estimate of drug-likeness (QED) is 0.639. The van der Waals surface area contributed by atoms with Gasteiger partial charge in [-0.3, -0.25) is 0 Å². The normalized spacial score (nSPS) is 24.7. The van der Waals surface area contributed by atoms with E-state index in [9.17, 15) is 15.0 Å². The number of carboxylic acids is 1. The molecule has 0 aromatic carbocycles. The molecule has 21 heavy (non-hydrogen) atoms. The van der Waals surface area contributed by atoms with E-state index in [1.165, 1.54) is 24.3 Å². The van der Waals surface area contributed by atoms with Gasteiger partial charge in [0.05, 0.1) is 12.5 Å². The number of aliphatic carboxylic acids is 1. The van der Waals surface area contributed by atoms with Gasteiger partial charge in [-0.2, -0.15) is 0 Å². The van der Waals surface area contributed by atoms with E-state index in [0.29, 0.717) is 6.42 Å². The molecule has 1 rings (SSSR count). The molecular weight excluding hydrogens is 272 g/mol. The molecule has 0 aromatic rings. The molecule has 0 aromatic heterocycles. The number of aliphatic hydroxyl groups is 1. The maximum Gasteiger partial charge on any atom is 0.340 e. The molecule has 2 atom stereocenters. The van der Waals surface area contributed by atoms with Crippen LogP contribution in [0.2, 0.25) is 0 Å². The summed E-state index contributed by atoms with van der Waals surface area (Å²) in [5.41, 5.74) is -1.56. The Kier molecular flexibility index (Phi) is 6.24. The Labute approximate surface area is 124 Å². The van der Waals surface area contributed by atoms with E-state index in [4.69, 9.17) is 9.47 Å². The number of ether oxygens (including phenoxy) is 2. The van der Waals surface area contributed by atoms with Crippen LogP contribution in [0.25, 0.3) is 0 Å². The smallest absolute Gasteiger partial charge is 0.340 e. The Hall–Kier alpha value is -2.01. The summed E-state index contributed by atoms with van der Waals surface area (Å²) in [6.45, 7) is 9.30. The lowest BCUT2D eigenvalue weighted by atomic mass is 9.78. The number of hydrogen-bond donors (Lipinski definition) is 2. The van der Waals surface area contributed by atoms with Gasteiger partial charge in [0.15, 0.2) is 11.4 Å². The first kappa shape index (κ1) is 17.0. The minimum atomic E-state index is -1.56. The molecule has 0 bridgehead atoms. The van der Waals surface area contributed by atoms with Gasteiger partial charge in [0, 0.05) is 0 Å². The zero-order valence-electron chi connectivity index (χ0n) is 12.2. The van der Waals surface area contributed by atoms with E-state index in [1.54, 1.807) is 0 Å². The Bertz CT molecular complexity index is 463. The largest absolute Gasteiger partial charge is 0.504 e. The van der Waals surface area contributed by atoms with Crippen molar-refractivity contribution in [2.45, 2.75) is 25.4 Å². The molecule has 2 unspecified atom stereocenters. The number of rotatable bonds is 9. The Morgan fingerprint density at radius 3 is 2.62 bits per heavy atom. The van der Waals surface area contributed by atoms with Gasteiger partial charge in [0.25, 0.3) is 0 Å². The number of allylic oxidation sites excluding steroid dienone is 1. The molecule has 0 spiro atoms. The van der Waals surface area contributed by atoms with Crippen molar-refractivity contribution in [2.24, 2.45) is 5.92 Å². The Morgan fingerprint density at radius 1 is 1.43 bits per heavy atom. The van der Waals surface area contributed by atoms with E-state index >= 15 is 0 Å². The van der Waals surface area contributed by atoms with E-state index in [2.05, 4.69) is 13.2 Å². The SMILES string of the molecule is C=CCOC1=C(O)C=CC(OCC=C)(C(=O)O)C1CCC. The number of carboxylic acid groups (broad SMARTS) is 1. The predicted octanol–water partition coefficient (Wildman–Crippen LogP) is 2.97. The zero-order valence-corrected chi connectivity index (χ0v) is 12.2. The molecule has 1 aliphatic rings. The van der Waals surface area contributed by atoms with E-state index in [0.717, 1.165) is 6.42 Å². The van der Waals surface area contributed by atoms with Crippen molar-refractivity contribution in [3.05, 3.63) is 49.0 Å². The molecular formula is C16H22O5. The average molecular weight is 294 g/mol. The van der Waals surface area contributed by atoms with Crippen LogP contribution in [0.4, 0.5) is 0 Å². The summed E-state index contributed by atoms with van der Waals surface area (Å²) in [5.74, 6) is -1.57. The predicted molar refractivity (Wildman–Crippen MR) is 79.9 cm³/mol. The van der Waals surface area contributed by atoms with Crippen molar-refractivity contribution in [3.63, 3.8) is 0 Å². The monoisotopic (exact) mass is 294 g/mol. The van der Waals surface area contributed by atoms with Crippen molar-refractivity contribution in [2.75, 3.05) is 13.2 Å². The van der Waals surface area contributed by atoms with Crippen LogP contribution in [0.3, 0.4) is 0 Å².